The first-order chi connectivity index (χ1) is 9.92. The number of aromatic nitrogens is 2. The van der Waals surface area contributed by atoms with Gasteiger partial charge in [0.15, 0.2) is 0 Å². The summed E-state index contributed by atoms with van der Waals surface area (Å²) in [5, 5.41) is 0. The second kappa shape index (κ2) is 9.32. The van der Waals surface area contributed by atoms with E-state index in [9.17, 15) is 4.79 Å². The average molecular weight is 290 g/mol. The van der Waals surface area contributed by atoms with E-state index in [4.69, 9.17) is 0 Å². The molecule has 0 amide bonds. The molecule has 0 atom stereocenters. The molecule has 1 heterocycles. The van der Waals surface area contributed by atoms with Gasteiger partial charge in [-0.15, -0.1) is 0 Å². The Morgan fingerprint density at radius 3 is 2.19 bits per heavy atom. The lowest BCUT2D eigenvalue weighted by atomic mass is 10.0. The normalized spacial score (nSPS) is 10.9. The molecule has 0 radical (unpaired) electrons. The fourth-order valence-corrected chi connectivity index (χ4v) is 2.13. The minimum Gasteiger partial charge on any atom is -0.292 e. The second-order valence-corrected chi connectivity index (χ2v) is 5.44. The highest BCUT2D eigenvalue weighted by Crippen LogP contribution is 2.21. The molecular formula is C18H30N2O. The monoisotopic (exact) mass is 290 g/mol. The van der Waals surface area contributed by atoms with E-state index in [1.54, 1.807) is 10.6 Å². The summed E-state index contributed by atoms with van der Waals surface area (Å²) >= 11 is 0. The van der Waals surface area contributed by atoms with Crippen LogP contribution in [0.5, 0.6) is 0 Å². The van der Waals surface area contributed by atoms with Gasteiger partial charge in [-0.3, -0.25) is 4.57 Å². The molecule has 0 fully saturated rings. The third-order valence-corrected chi connectivity index (χ3v) is 2.91. The summed E-state index contributed by atoms with van der Waals surface area (Å²) in [5.74, 6) is 0.601. The molecule has 0 spiro atoms. The first-order valence-corrected chi connectivity index (χ1v) is 7.82. The first kappa shape index (κ1) is 19.4. The van der Waals surface area contributed by atoms with Gasteiger partial charge in [0.05, 0.1) is 11.4 Å². The van der Waals surface area contributed by atoms with Crippen LogP contribution in [0.1, 0.15) is 71.3 Å². The molecule has 0 aliphatic rings. The Morgan fingerprint density at radius 1 is 1.24 bits per heavy atom. The minimum absolute atomic E-state index is 0.170. The Balaban J connectivity index is 0.00000191. The Bertz CT molecular complexity index is 537. The predicted molar refractivity (Wildman–Crippen MR) is 93.6 cm³/mol. The van der Waals surface area contributed by atoms with E-state index in [1.807, 2.05) is 46.8 Å². The van der Waals surface area contributed by atoms with Gasteiger partial charge in [-0.05, 0) is 24.8 Å². The summed E-state index contributed by atoms with van der Waals surface area (Å²) in [6.07, 6.45) is 5.71. The van der Waals surface area contributed by atoms with Crippen molar-refractivity contribution < 1.29 is 0 Å². The predicted octanol–water partition coefficient (Wildman–Crippen LogP) is 4.73. The van der Waals surface area contributed by atoms with E-state index in [0.717, 1.165) is 17.0 Å². The minimum atomic E-state index is -0.170. The van der Waals surface area contributed by atoms with Crippen LogP contribution in [0.25, 0.3) is 12.2 Å². The van der Waals surface area contributed by atoms with Crippen molar-refractivity contribution in [1.82, 2.24) is 9.55 Å². The van der Waals surface area contributed by atoms with Gasteiger partial charge >= 0.3 is 5.69 Å². The maximum absolute atomic E-state index is 12.2. The molecule has 0 aliphatic heterocycles. The Morgan fingerprint density at radius 2 is 1.81 bits per heavy atom. The lowest BCUT2D eigenvalue weighted by Gasteiger charge is -2.18. The van der Waals surface area contributed by atoms with Crippen LogP contribution in [0.3, 0.4) is 0 Å². The molecule has 3 nitrogen and oxygen atoms in total. The van der Waals surface area contributed by atoms with Gasteiger partial charge in [0.25, 0.3) is 0 Å². The van der Waals surface area contributed by atoms with Crippen molar-refractivity contribution in [2.45, 2.75) is 60.9 Å². The van der Waals surface area contributed by atoms with Crippen LogP contribution in [0, 0.1) is 5.92 Å². The van der Waals surface area contributed by atoms with E-state index >= 15 is 0 Å². The fraction of sp³-hybridized carbons (Fsp3) is 0.556. The molecule has 21 heavy (non-hydrogen) atoms. The molecule has 1 aromatic rings. The molecule has 0 N–H and O–H groups in total. The van der Waals surface area contributed by atoms with Gasteiger partial charge < -0.3 is 0 Å². The second-order valence-electron chi connectivity index (χ2n) is 5.44. The van der Waals surface area contributed by atoms with Crippen molar-refractivity contribution in [2.75, 3.05) is 0 Å². The maximum atomic E-state index is 12.2. The van der Waals surface area contributed by atoms with Crippen molar-refractivity contribution in [3.05, 3.63) is 40.1 Å². The highest BCUT2D eigenvalue weighted by atomic mass is 16.1. The Hall–Kier alpha value is -1.64. The summed E-state index contributed by atoms with van der Waals surface area (Å²) in [6.45, 7) is 18.8. The molecular weight excluding hydrogens is 260 g/mol. The molecule has 1 aromatic heterocycles. The van der Waals surface area contributed by atoms with E-state index in [-0.39, 0.29) is 11.6 Å². The Labute approximate surface area is 129 Å². The number of hydrogen-bond acceptors (Lipinski definition) is 2. The maximum Gasteiger partial charge on any atom is 0.348 e. The van der Waals surface area contributed by atoms with Crippen molar-refractivity contribution in [1.29, 1.82) is 0 Å². The van der Waals surface area contributed by atoms with E-state index in [2.05, 4.69) is 25.4 Å². The van der Waals surface area contributed by atoms with Crippen LogP contribution in [-0.4, -0.2) is 9.55 Å². The third kappa shape index (κ3) is 5.00. The van der Waals surface area contributed by atoms with Gasteiger partial charge in [0.2, 0.25) is 0 Å². The summed E-state index contributed by atoms with van der Waals surface area (Å²) in [6, 6.07) is 0. The summed E-state index contributed by atoms with van der Waals surface area (Å²) in [7, 11) is 0. The average Bonchev–Trinajstić information content (AvgIpc) is 2.44. The first-order valence-electron chi connectivity index (χ1n) is 7.82. The number of nitrogens with zero attached hydrogens (tertiary/aromatic N) is 2. The quantitative estimate of drug-likeness (QED) is 0.786. The molecule has 0 aliphatic carbocycles. The topological polar surface area (TPSA) is 34.9 Å². The van der Waals surface area contributed by atoms with E-state index < -0.39 is 0 Å². The Kier molecular flexibility index (Phi) is 8.60. The van der Waals surface area contributed by atoms with Crippen LogP contribution in [0.2, 0.25) is 0 Å². The van der Waals surface area contributed by atoms with E-state index in [0.29, 0.717) is 12.5 Å². The van der Waals surface area contributed by atoms with Gasteiger partial charge in [0.1, 0.15) is 0 Å². The lowest BCUT2D eigenvalue weighted by molar-refractivity contribution is 0.497. The zero-order chi connectivity index (χ0) is 16.6. The molecule has 1 rings (SSSR count). The molecule has 0 saturated heterocycles. The molecule has 3 heteroatoms. The van der Waals surface area contributed by atoms with Crippen molar-refractivity contribution in [2.24, 2.45) is 5.92 Å². The van der Waals surface area contributed by atoms with Gasteiger partial charge in [-0.25, -0.2) is 4.79 Å². The van der Waals surface area contributed by atoms with Crippen LogP contribution in [-0.2, 0) is 6.54 Å². The highest BCUT2D eigenvalue weighted by Gasteiger charge is 2.16. The summed E-state index contributed by atoms with van der Waals surface area (Å²) < 4.78 is 1.74. The molecule has 118 valence electrons. The number of hydrogen-bond donors (Lipinski definition) is 0. The zero-order valence-electron chi connectivity index (χ0n) is 14.6. The van der Waals surface area contributed by atoms with Crippen LogP contribution in [0.15, 0.2) is 17.4 Å². The molecule has 0 aromatic carbocycles. The van der Waals surface area contributed by atoms with E-state index in [1.165, 1.54) is 0 Å². The molecule has 0 saturated carbocycles. The standard InChI is InChI=1S/C16H24N2O.C2H6/c1-7-9-14-13(8-2)15(12(5)6)17-16(19)18(14)10-11(3)4;1-2/h7-9,11-12H,2,10H2,1,3-6H3;1-2H3/b9-7-;. The van der Waals surface area contributed by atoms with Crippen molar-refractivity contribution in [3.8, 4) is 0 Å². The fourth-order valence-electron chi connectivity index (χ4n) is 2.13. The van der Waals surface area contributed by atoms with Gasteiger partial charge in [-0.1, -0.05) is 60.3 Å². The SMILES string of the molecule is C=Cc1c(C(C)C)nc(=O)n(CC(C)C)c1/C=C\C.CC. The molecule has 0 bridgehead atoms. The van der Waals surface area contributed by atoms with Crippen molar-refractivity contribution in [3.63, 3.8) is 0 Å². The smallest absolute Gasteiger partial charge is 0.292 e. The third-order valence-electron chi connectivity index (χ3n) is 2.91. The van der Waals surface area contributed by atoms with Gasteiger partial charge in [0, 0.05) is 12.1 Å². The summed E-state index contributed by atoms with van der Waals surface area (Å²) in [4.78, 5) is 16.5. The largest absolute Gasteiger partial charge is 0.348 e. The number of allylic oxidation sites excluding steroid dienone is 1. The highest BCUT2D eigenvalue weighted by molar-refractivity contribution is 5.63. The van der Waals surface area contributed by atoms with Crippen LogP contribution >= 0.6 is 0 Å². The van der Waals surface area contributed by atoms with Crippen LogP contribution in [0.4, 0.5) is 0 Å². The lowest BCUT2D eigenvalue weighted by Crippen LogP contribution is -2.29. The van der Waals surface area contributed by atoms with Gasteiger partial charge in [-0.2, -0.15) is 4.98 Å². The molecule has 0 unspecified atom stereocenters. The summed E-state index contributed by atoms with van der Waals surface area (Å²) in [5.41, 5.74) is 2.53. The van der Waals surface area contributed by atoms with Crippen LogP contribution < -0.4 is 5.69 Å². The zero-order valence-corrected chi connectivity index (χ0v) is 14.6. The van der Waals surface area contributed by atoms with Crippen molar-refractivity contribution >= 4 is 12.2 Å². The number of rotatable bonds is 5.